The fourth-order valence-corrected chi connectivity index (χ4v) is 3.19. The van der Waals surface area contributed by atoms with Gasteiger partial charge in [0.15, 0.2) is 0 Å². The molecule has 0 heterocycles. The molecule has 0 bridgehead atoms. The Morgan fingerprint density at radius 1 is 0.909 bits per heavy atom. The summed E-state index contributed by atoms with van der Waals surface area (Å²) in [5.74, 6) is 0. The maximum atomic E-state index is 2.37. The van der Waals surface area contributed by atoms with Gasteiger partial charge in [-0.3, -0.25) is 0 Å². The molecule has 114 valence electrons. The Hall–Kier alpha value is -2.02. The van der Waals surface area contributed by atoms with Gasteiger partial charge in [0, 0.05) is 18.4 Å². The summed E-state index contributed by atoms with van der Waals surface area (Å²) < 4.78 is 0. The Morgan fingerprint density at radius 2 is 1.55 bits per heavy atom. The number of rotatable bonds is 2. The van der Waals surface area contributed by atoms with Crippen molar-refractivity contribution in [3.63, 3.8) is 0 Å². The minimum Gasteiger partial charge on any atom is -0.345 e. The SMILES string of the molecule is CC1=CCC(C)(C)c2cc(N(C)c3ccc(C)cc3)ccc21. The average Bonchev–Trinajstić information content (AvgIpc) is 2.51. The molecule has 0 amide bonds. The third kappa shape index (κ3) is 2.56. The first-order chi connectivity index (χ1) is 10.4. The Balaban J connectivity index is 2.03. The zero-order valence-corrected chi connectivity index (χ0v) is 14.3. The van der Waals surface area contributed by atoms with Crippen LogP contribution in [0.2, 0.25) is 0 Å². The number of fused-ring (bicyclic) bond motifs is 1. The lowest BCUT2D eigenvalue weighted by Crippen LogP contribution is -2.22. The Bertz CT molecular complexity index is 720. The van der Waals surface area contributed by atoms with Crippen LogP contribution in [-0.2, 0) is 5.41 Å². The van der Waals surface area contributed by atoms with Gasteiger partial charge in [-0.15, -0.1) is 0 Å². The molecule has 3 rings (SSSR count). The summed E-state index contributed by atoms with van der Waals surface area (Å²) in [5.41, 5.74) is 8.25. The van der Waals surface area contributed by atoms with Crippen molar-refractivity contribution in [2.45, 2.75) is 39.5 Å². The van der Waals surface area contributed by atoms with Gasteiger partial charge in [0.1, 0.15) is 0 Å². The van der Waals surface area contributed by atoms with Crippen LogP contribution in [0.1, 0.15) is 43.9 Å². The highest BCUT2D eigenvalue weighted by molar-refractivity contribution is 5.74. The fraction of sp³-hybridized carbons (Fsp3) is 0.333. The summed E-state index contributed by atoms with van der Waals surface area (Å²) in [7, 11) is 2.14. The van der Waals surface area contributed by atoms with Crippen molar-refractivity contribution in [2.24, 2.45) is 0 Å². The van der Waals surface area contributed by atoms with Gasteiger partial charge in [0.2, 0.25) is 0 Å². The minimum atomic E-state index is 0.207. The first-order valence-electron chi connectivity index (χ1n) is 8.00. The lowest BCUT2D eigenvalue weighted by Gasteiger charge is -2.33. The van der Waals surface area contributed by atoms with E-state index in [9.17, 15) is 0 Å². The largest absolute Gasteiger partial charge is 0.345 e. The van der Waals surface area contributed by atoms with E-state index >= 15 is 0 Å². The van der Waals surface area contributed by atoms with Gasteiger partial charge in [-0.05, 0) is 66.6 Å². The van der Waals surface area contributed by atoms with E-state index in [1.807, 2.05) is 0 Å². The van der Waals surface area contributed by atoms with Crippen molar-refractivity contribution < 1.29 is 0 Å². The van der Waals surface area contributed by atoms with Gasteiger partial charge < -0.3 is 4.90 Å². The van der Waals surface area contributed by atoms with Crippen molar-refractivity contribution >= 4 is 16.9 Å². The van der Waals surface area contributed by atoms with E-state index in [0.29, 0.717) is 0 Å². The van der Waals surface area contributed by atoms with E-state index in [2.05, 4.69) is 88.2 Å². The molecule has 0 aliphatic heterocycles. The number of anilines is 2. The standard InChI is InChI=1S/C21H25N/c1-15-6-8-17(9-7-15)22(5)18-10-11-19-16(2)12-13-21(3,4)20(19)14-18/h6-12,14H,13H2,1-5H3. The molecule has 0 spiro atoms. The molecule has 0 aromatic heterocycles. The van der Waals surface area contributed by atoms with Crippen molar-refractivity contribution in [1.29, 1.82) is 0 Å². The van der Waals surface area contributed by atoms with E-state index in [4.69, 9.17) is 0 Å². The summed E-state index contributed by atoms with van der Waals surface area (Å²) in [5, 5.41) is 0. The Kier molecular flexibility index (Phi) is 3.60. The zero-order chi connectivity index (χ0) is 15.9. The van der Waals surface area contributed by atoms with Crippen molar-refractivity contribution in [2.75, 3.05) is 11.9 Å². The molecule has 1 aliphatic rings. The highest BCUT2D eigenvalue weighted by atomic mass is 15.1. The number of hydrogen-bond acceptors (Lipinski definition) is 1. The second kappa shape index (κ2) is 5.31. The Morgan fingerprint density at radius 3 is 2.23 bits per heavy atom. The molecule has 2 aromatic carbocycles. The van der Waals surface area contributed by atoms with Crippen LogP contribution in [0, 0.1) is 6.92 Å². The highest BCUT2D eigenvalue weighted by Crippen LogP contribution is 2.41. The predicted octanol–water partition coefficient (Wildman–Crippen LogP) is 5.85. The number of nitrogens with zero attached hydrogens (tertiary/aromatic N) is 1. The molecule has 0 atom stereocenters. The minimum absolute atomic E-state index is 0.207. The summed E-state index contributed by atoms with van der Waals surface area (Å²) in [6, 6.07) is 15.6. The van der Waals surface area contributed by atoms with Crippen LogP contribution < -0.4 is 4.90 Å². The lowest BCUT2D eigenvalue weighted by atomic mass is 9.73. The number of allylic oxidation sites excluding steroid dienone is 2. The molecule has 0 radical (unpaired) electrons. The molecule has 0 saturated carbocycles. The predicted molar refractivity (Wildman–Crippen MR) is 97.0 cm³/mol. The van der Waals surface area contributed by atoms with Gasteiger partial charge in [0.05, 0.1) is 0 Å². The molecule has 0 N–H and O–H groups in total. The molecular weight excluding hydrogens is 266 g/mol. The van der Waals surface area contributed by atoms with E-state index in [-0.39, 0.29) is 5.41 Å². The van der Waals surface area contributed by atoms with E-state index < -0.39 is 0 Å². The second-order valence-corrected chi connectivity index (χ2v) is 7.10. The second-order valence-electron chi connectivity index (χ2n) is 7.10. The molecular formula is C21H25N. The maximum absolute atomic E-state index is 2.37. The van der Waals surface area contributed by atoms with Gasteiger partial charge in [0.25, 0.3) is 0 Å². The van der Waals surface area contributed by atoms with Gasteiger partial charge in [-0.2, -0.15) is 0 Å². The van der Waals surface area contributed by atoms with Crippen LogP contribution >= 0.6 is 0 Å². The van der Waals surface area contributed by atoms with Gasteiger partial charge in [-0.1, -0.05) is 43.7 Å². The van der Waals surface area contributed by atoms with Crippen LogP contribution in [0.15, 0.2) is 48.5 Å². The monoisotopic (exact) mass is 291 g/mol. The third-order valence-corrected chi connectivity index (χ3v) is 4.88. The first kappa shape index (κ1) is 14.9. The lowest BCUT2D eigenvalue weighted by molar-refractivity contribution is 0.527. The number of aryl methyl sites for hydroxylation is 1. The summed E-state index contributed by atoms with van der Waals surface area (Å²) in [6.45, 7) is 9.02. The van der Waals surface area contributed by atoms with Crippen LogP contribution in [0.3, 0.4) is 0 Å². The van der Waals surface area contributed by atoms with E-state index in [0.717, 1.165) is 6.42 Å². The third-order valence-electron chi connectivity index (χ3n) is 4.88. The van der Waals surface area contributed by atoms with Crippen LogP contribution in [0.5, 0.6) is 0 Å². The van der Waals surface area contributed by atoms with E-state index in [1.54, 1.807) is 0 Å². The molecule has 22 heavy (non-hydrogen) atoms. The number of hydrogen-bond donors (Lipinski definition) is 0. The number of benzene rings is 2. The average molecular weight is 291 g/mol. The van der Waals surface area contributed by atoms with Gasteiger partial charge >= 0.3 is 0 Å². The summed E-state index contributed by atoms with van der Waals surface area (Å²) in [4.78, 5) is 2.27. The topological polar surface area (TPSA) is 3.24 Å². The molecule has 0 saturated heterocycles. The molecule has 2 aromatic rings. The van der Waals surface area contributed by atoms with Crippen LogP contribution in [0.25, 0.3) is 5.57 Å². The molecule has 1 heteroatoms. The van der Waals surface area contributed by atoms with Crippen LogP contribution in [-0.4, -0.2) is 7.05 Å². The maximum Gasteiger partial charge on any atom is 0.0411 e. The van der Waals surface area contributed by atoms with Crippen molar-refractivity contribution in [3.05, 3.63) is 65.2 Å². The van der Waals surface area contributed by atoms with Crippen LogP contribution in [0.4, 0.5) is 11.4 Å². The summed E-state index contributed by atoms with van der Waals surface area (Å²) >= 11 is 0. The van der Waals surface area contributed by atoms with Crippen molar-refractivity contribution in [1.82, 2.24) is 0 Å². The van der Waals surface area contributed by atoms with Crippen molar-refractivity contribution in [3.8, 4) is 0 Å². The fourth-order valence-electron chi connectivity index (χ4n) is 3.19. The molecule has 1 aliphatic carbocycles. The quantitative estimate of drug-likeness (QED) is 0.671. The molecule has 0 fully saturated rings. The van der Waals surface area contributed by atoms with Gasteiger partial charge in [-0.25, -0.2) is 0 Å². The highest BCUT2D eigenvalue weighted by Gasteiger charge is 2.27. The zero-order valence-electron chi connectivity index (χ0n) is 14.3. The summed E-state index contributed by atoms with van der Waals surface area (Å²) in [6.07, 6.45) is 3.48. The smallest absolute Gasteiger partial charge is 0.0411 e. The Labute approximate surface area is 134 Å². The van der Waals surface area contributed by atoms with E-state index in [1.165, 1.54) is 33.6 Å². The molecule has 0 unspecified atom stereocenters. The first-order valence-corrected chi connectivity index (χ1v) is 8.00. The normalized spacial score (nSPS) is 16.0. The molecule has 1 nitrogen and oxygen atoms in total.